The van der Waals surface area contributed by atoms with Crippen LogP contribution in [0.4, 0.5) is 0 Å². The molecule has 0 aliphatic heterocycles. The van der Waals surface area contributed by atoms with Crippen molar-refractivity contribution in [1.29, 1.82) is 0 Å². The predicted molar refractivity (Wildman–Crippen MR) is 41.6 cm³/mol. The highest BCUT2D eigenvalue weighted by Crippen LogP contribution is 2.34. The minimum absolute atomic E-state index is 0.334. The van der Waals surface area contributed by atoms with Crippen LogP contribution >= 0.6 is 0 Å². The van der Waals surface area contributed by atoms with E-state index in [1.807, 2.05) is 0 Å². The molecule has 0 spiro atoms. The third kappa shape index (κ3) is 3.70. The van der Waals surface area contributed by atoms with Gasteiger partial charge in [-0.15, -0.1) is 0 Å². The van der Waals surface area contributed by atoms with Gasteiger partial charge in [-0.3, -0.25) is 0 Å². The third-order valence-corrected chi connectivity index (χ3v) is 3.11. The first kappa shape index (κ1) is 7.29. The molecule has 1 nitrogen and oxygen atoms in total. The minimum atomic E-state index is 0.334. The lowest BCUT2D eigenvalue weighted by atomic mass is 10.1. The summed E-state index contributed by atoms with van der Waals surface area (Å²) < 4.78 is 0. The largest absolute Gasteiger partial charge is 0.334 e. The maximum absolute atomic E-state index is 3.51. The molecule has 52 valence electrons. The molecular weight excluding hydrogens is 126 g/mol. The van der Waals surface area contributed by atoms with Gasteiger partial charge >= 0.3 is 0 Å². The Kier molecular flexibility index (Phi) is 1.96. The van der Waals surface area contributed by atoms with E-state index in [2.05, 4.69) is 25.8 Å². The van der Waals surface area contributed by atoms with Crippen LogP contribution in [0.25, 0.3) is 0 Å². The molecular formula is C7H15NSi. The highest BCUT2D eigenvalue weighted by Gasteiger charge is 2.24. The lowest BCUT2D eigenvalue weighted by molar-refractivity contribution is 0.522. The molecule has 1 fully saturated rings. The molecule has 0 aromatic heterocycles. The van der Waals surface area contributed by atoms with Gasteiger partial charge in [-0.25, -0.2) is 0 Å². The predicted octanol–water partition coefficient (Wildman–Crippen LogP) is 1.58. The molecule has 1 aliphatic carbocycles. The van der Waals surface area contributed by atoms with E-state index in [1.165, 1.54) is 12.8 Å². The summed E-state index contributed by atoms with van der Waals surface area (Å²) in [6.07, 6.45) is 2.92. The molecule has 9 heavy (non-hydrogen) atoms. The van der Waals surface area contributed by atoms with Gasteiger partial charge in [0.15, 0.2) is 0 Å². The van der Waals surface area contributed by atoms with E-state index in [0.29, 0.717) is 5.54 Å². The van der Waals surface area contributed by atoms with Crippen LogP contribution in [0.2, 0.25) is 5.54 Å². The monoisotopic (exact) mass is 141 g/mol. The summed E-state index contributed by atoms with van der Waals surface area (Å²) in [6.45, 7) is 6.67. The SMILES string of the molecule is CC(C)(C)N[Si]C1CC1. The van der Waals surface area contributed by atoms with Gasteiger partial charge in [-0.1, -0.05) is 12.8 Å². The van der Waals surface area contributed by atoms with Crippen LogP contribution in [0.15, 0.2) is 0 Å². The van der Waals surface area contributed by atoms with E-state index in [0.717, 1.165) is 15.2 Å². The zero-order chi connectivity index (χ0) is 6.91. The number of nitrogens with one attached hydrogen (secondary N) is 1. The van der Waals surface area contributed by atoms with Crippen molar-refractivity contribution in [3.63, 3.8) is 0 Å². The second-order valence-electron chi connectivity index (χ2n) is 3.79. The van der Waals surface area contributed by atoms with Gasteiger partial charge < -0.3 is 4.98 Å². The summed E-state index contributed by atoms with van der Waals surface area (Å²) in [5.41, 5.74) is 1.37. The molecule has 1 aliphatic rings. The standard InChI is InChI=1S/C7H15NSi/c1-7(2,3)8-9-6-4-5-6/h6,8H,4-5H2,1-3H3. The second-order valence-corrected chi connectivity index (χ2v) is 5.15. The molecule has 0 aromatic rings. The average Bonchev–Trinajstić information content (AvgIpc) is 2.38. The Balaban J connectivity index is 2.03. The first-order chi connectivity index (χ1) is 4.08. The number of hydrogen-bond acceptors (Lipinski definition) is 1. The van der Waals surface area contributed by atoms with E-state index in [-0.39, 0.29) is 0 Å². The van der Waals surface area contributed by atoms with Gasteiger partial charge in [0.25, 0.3) is 0 Å². The van der Waals surface area contributed by atoms with Crippen LogP contribution in [-0.2, 0) is 0 Å². The second kappa shape index (κ2) is 2.43. The summed E-state index contributed by atoms with van der Waals surface area (Å²) in [5, 5.41) is 0. The van der Waals surface area contributed by atoms with Gasteiger partial charge in [0.05, 0.1) is 0 Å². The Morgan fingerprint density at radius 2 is 1.89 bits per heavy atom. The molecule has 1 N–H and O–H groups in total. The van der Waals surface area contributed by atoms with Crippen LogP contribution in [0.3, 0.4) is 0 Å². The van der Waals surface area contributed by atoms with Crippen molar-refractivity contribution in [2.75, 3.05) is 0 Å². The van der Waals surface area contributed by atoms with Crippen molar-refractivity contribution in [1.82, 2.24) is 4.98 Å². The fraction of sp³-hybridized carbons (Fsp3) is 1.00. The summed E-state index contributed by atoms with van der Waals surface area (Å²) in [5.74, 6) is 0. The topological polar surface area (TPSA) is 12.0 Å². The van der Waals surface area contributed by atoms with E-state index < -0.39 is 0 Å². The molecule has 1 saturated carbocycles. The number of rotatable bonds is 2. The van der Waals surface area contributed by atoms with Crippen molar-refractivity contribution in [3.8, 4) is 0 Å². The minimum Gasteiger partial charge on any atom is -0.334 e. The molecule has 0 amide bonds. The summed E-state index contributed by atoms with van der Waals surface area (Å²) in [6, 6.07) is 0. The van der Waals surface area contributed by atoms with E-state index in [9.17, 15) is 0 Å². The smallest absolute Gasteiger partial charge is 0.142 e. The van der Waals surface area contributed by atoms with Crippen molar-refractivity contribution in [2.24, 2.45) is 0 Å². The van der Waals surface area contributed by atoms with Gasteiger partial charge in [-0.05, 0) is 26.3 Å². The average molecular weight is 141 g/mol. The van der Waals surface area contributed by atoms with Crippen molar-refractivity contribution in [2.45, 2.75) is 44.7 Å². The Hall–Kier alpha value is 0.177. The van der Waals surface area contributed by atoms with Crippen LogP contribution in [0, 0.1) is 0 Å². The zero-order valence-corrected chi connectivity index (χ0v) is 7.49. The Bertz CT molecular complexity index is 91.6. The maximum Gasteiger partial charge on any atom is 0.142 e. The highest BCUT2D eigenvalue weighted by atomic mass is 28.2. The molecule has 0 bridgehead atoms. The van der Waals surface area contributed by atoms with Crippen LogP contribution in [-0.4, -0.2) is 15.2 Å². The van der Waals surface area contributed by atoms with Gasteiger partial charge in [-0.2, -0.15) is 0 Å². The van der Waals surface area contributed by atoms with E-state index >= 15 is 0 Å². The van der Waals surface area contributed by atoms with Crippen LogP contribution in [0.5, 0.6) is 0 Å². The summed E-state index contributed by atoms with van der Waals surface area (Å²) in [4.78, 5) is 3.51. The van der Waals surface area contributed by atoms with Crippen molar-refractivity contribution < 1.29 is 0 Å². The first-order valence-electron chi connectivity index (χ1n) is 3.61. The molecule has 2 radical (unpaired) electrons. The normalized spacial score (nSPS) is 20.3. The van der Waals surface area contributed by atoms with Gasteiger partial charge in [0.1, 0.15) is 9.68 Å². The maximum atomic E-state index is 3.51. The zero-order valence-electron chi connectivity index (χ0n) is 6.49. The fourth-order valence-corrected chi connectivity index (χ4v) is 1.64. The number of hydrogen-bond donors (Lipinski definition) is 1. The van der Waals surface area contributed by atoms with Crippen LogP contribution in [0.1, 0.15) is 33.6 Å². The van der Waals surface area contributed by atoms with E-state index in [1.54, 1.807) is 0 Å². The van der Waals surface area contributed by atoms with Crippen molar-refractivity contribution in [3.05, 3.63) is 0 Å². The lowest BCUT2D eigenvalue weighted by Gasteiger charge is -2.19. The Morgan fingerprint density at radius 3 is 2.22 bits per heavy atom. The highest BCUT2D eigenvalue weighted by molar-refractivity contribution is 6.35. The Morgan fingerprint density at radius 1 is 1.33 bits per heavy atom. The summed E-state index contributed by atoms with van der Waals surface area (Å²) in [7, 11) is 1.00. The van der Waals surface area contributed by atoms with Gasteiger partial charge in [0, 0.05) is 5.54 Å². The summed E-state index contributed by atoms with van der Waals surface area (Å²) >= 11 is 0. The van der Waals surface area contributed by atoms with Crippen molar-refractivity contribution >= 4 is 9.68 Å². The lowest BCUT2D eigenvalue weighted by Crippen LogP contribution is -2.38. The van der Waals surface area contributed by atoms with E-state index in [4.69, 9.17) is 0 Å². The molecule has 2 heteroatoms. The van der Waals surface area contributed by atoms with Gasteiger partial charge in [0.2, 0.25) is 0 Å². The molecule has 0 aromatic carbocycles. The molecule has 0 unspecified atom stereocenters. The van der Waals surface area contributed by atoms with Crippen LogP contribution < -0.4 is 4.98 Å². The fourth-order valence-electron chi connectivity index (χ4n) is 0.546. The molecule has 0 atom stereocenters. The Labute approximate surface area is 60.1 Å². The first-order valence-corrected chi connectivity index (χ1v) is 4.68. The molecule has 1 rings (SSSR count). The molecule has 0 heterocycles. The molecule has 0 saturated heterocycles. The quantitative estimate of drug-likeness (QED) is 0.576. The third-order valence-electron chi connectivity index (χ3n) is 1.23.